The van der Waals surface area contributed by atoms with Gasteiger partial charge in [-0.2, -0.15) is 5.10 Å². The number of amides is 3. The summed E-state index contributed by atoms with van der Waals surface area (Å²) in [5.41, 5.74) is 3.08. The Balaban J connectivity index is 1.44. The zero-order valence-electron chi connectivity index (χ0n) is 22.6. The second-order valence-electron chi connectivity index (χ2n) is 9.49. The lowest BCUT2D eigenvalue weighted by Gasteiger charge is -2.35. The maximum absolute atomic E-state index is 13.3. The van der Waals surface area contributed by atoms with Crippen molar-refractivity contribution in [1.29, 1.82) is 0 Å². The van der Waals surface area contributed by atoms with Crippen LogP contribution in [0.25, 0.3) is 0 Å². The molecule has 1 aromatic heterocycles. The van der Waals surface area contributed by atoms with Gasteiger partial charge >= 0.3 is 6.09 Å². The molecule has 3 aromatic rings. The van der Waals surface area contributed by atoms with Crippen molar-refractivity contribution in [2.75, 3.05) is 38.1 Å². The van der Waals surface area contributed by atoms with Gasteiger partial charge in [0, 0.05) is 43.5 Å². The van der Waals surface area contributed by atoms with Gasteiger partial charge in [0.25, 0.3) is 5.91 Å². The van der Waals surface area contributed by atoms with Crippen LogP contribution in [0.5, 0.6) is 0 Å². The number of aryl methyl sites for hydroxylation is 2. The smallest absolute Gasteiger partial charge is 0.409 e. The van der Waals surface area contributed by atoms with Crippen molar-refractivity contribution in [2.45, 2.75) is 33.7 Å². The predicted molar refractivity (Wildman–Crippen MR) is 146 cm³/mol. The van der Waals surface area contributed by atoms with E-state index in [0.29, 0.717) is 55.3 Å². The zero-order valence-corrected chi connectivity index (χ0v) is 22.6. The molecule has 1 aliphatic heterocycles. The van der Waals surface area contributed by atoms with E-state index in [1.165, 1.54) is 4.68 Å². The van der Waals surface area contributed by atoms with Crippen LogP contribution < -0.4 is 5.32 Å². The number of ketones is 1. The van der Waals surface area contributed by atoms with E-state index in [1.807, 2.05) is 19.1 Å². The first-order valence-corrected chi connectivity index (χ1v) is 13.0. The van der Waals surface area contributed by atoms with Crippen LogP contribution in [0.15, 0.2) is 54.7 Å². The molecule has 0 saturated carbocycles. The molecule has 1 aliphatic rings. The van der Waals surface area contributed by atoms with Gasteiger partial charge < -0.3 is 19.9 Å². The lowest BCUT2D eigenvalue weighted by atomic mass is 9.97. The molecule has 3 amide bonds. The minimum absolute atomic E-state index is 0.132. The number of hydrogen-bond donors (Lipinski definition) is 1. The Bertz CT molecular complexity index is 1370. The molecule has 1 N–H and O–H groups in total. The van der Waals surface area contributed by atoms with Crippen molar-refractivity contribution < 1.29 is 23.9 Å². The molecule has 1 fully saturated rings. The Kier molecular flexibility index (Phi) is 8.43. The maximum Gasteiger partial charge on any atom is 0.409 e. The van der Waals surface area contributed by atoms with Gasteiger partial charge in [-0.25, -0.2) is 4.79 Å². The van der Waals surface area contributed by atoms with Gasteiger partial charge in [-0.05, 0) is 33.8 Å². The summed E-state index contributed by atoms with van der Waals surface area (Å²) < 4.78 is 6.56. The Morgan fingerprint density at radius 3 is 2.18 bits per heavy atom. The Labute approximate surface area is 227 Å². The van der Waals surface area contributed by atoms with Crippen molar-refractivity contribution in [1.82, 2.24) is 19.6 Å². The van der Waals surface area contributed by atoms with Crippen LogP contribution in [0.3, 0.4) is 0 Å². The van der Waals surface area contributed by atoms with E-state index in [0.717, 1.165) is 5.56 Å². The van der Waals surface area contributed by atoms with Gasteiger partial charge in [0.1, 0.15) is 6.04 Å². The van der Waals surface area contributed by atoms with Crippen molar-refractivity contribution in [3.63, 3.8) is 0 Å². The number of aromatic nitrogens is 2. The number of carbonyl (C=O) groups excluding carboxylic acids is 4. The lowest BCUT2D eigenvalue weighted by molar-refractivity contribution is -0.136. The van der Waals surface area contributed by atoms with Crippen molar-refractivity contribution in [3.8, 4) is 0 Å². The lowest BCUT2D eigenvalue weighted by Crippen LogP contribution is -2.52. The van der Waals surface area contributed by atoms with E-state index >= 15 is 0 Å². The van der Waals surface area contributed by atoms with Gasteiger partial charge in [0.2, 0.25) is 5.91 Å². The summed E-state index contributed by atoms with van der Waals surface area (Å²) in [6.45, 7) is 9.09. The van der Waals surface area contributed by atoms with E-state index < -0.39 is 11.9 Å². The molecule has 4 rings (SSSR count). The minimum atomic E-state index is -0.612. The number of rotatable bonds is 7. The van der Waals surface area contributed by atoms with Crippen LogP contribution in [0.4, 0.5) is 10.5 Å². The molecule has 204 valence electrons. The Hall–Kier alpha value is -4.47. The molecule has 1 saturated heterocycles. The normalized spacial score (nSPS) is 14.1. The average Bonchev–Trinajstić information content (AvgIpc) is 3.32. The second kappa shape index (κ2) is 11.9. The van der Waals surface area contributed by atoms with Gasteiger partial charge in [0.15, 0.2) is 5.78 Å². The van der Waals surface area contributed by atoms with Crippen LogP contribution in [-0.4, -0.2) is 76.1 Å². The zero-order chi connectivity index (χ0) is 28.1. The number of nitrogens with one attached hydrogen (secondary N) is 1. The number of piperazine rings is 1. The summed E-state index contributed by atoms with van der Waals surface area (Å²) in [7, 11) is 0. The second-order valence-corrected chi connectivity index (χ2v) is 9.49. The van der Waals surface area contributed by atoms with Crippen LogP contribution in [0.1, 0.15) is 57.4 Å². The predicted octanol–water partition coefficient (Wildman–Crippen LogP) is 3.84. The van der Waals surface area contributed by atoms with E-state index in [4.69, 9.17) is 4.74 Å². The molecule has 10 nitrogen and oxygen atoms in total. The third kappa shape index (κ3) is 6.17. The number of ether oxygens (including phenoxy) is 1. The van der Waals surface area contributed by atoms with Crippen LogP contribution in [0, 0.1) is 13.8 Å². The highest BCUT2D eigenvalue weighted by Gasteiger charge is 2.29. The van der Waals surface area contributed by atoms with Crippen LogP contribution >= 0.6 is 0 Å². The fraction of sp³-hybridized carbons (Fsp3) is 0.345. The van der Waals surface area contributed by atoms with Gasteiger partial charge in [-0.1, -0.05) is 48.0 Å². The summed E-state index contributed by atoms with van der Waals surface area (Å²) in [4.78, 5) is 54.8. The van der Waals surface area contributed by atoms with Crippen molar-refractivity contribution in [2.24, 2.45) is 0 Å². The monoisotopic (exact) mass is 531 g/mol. The van der Waals surface area contributed by atoms with E-state index in [-0.39, 0.29) is 23.3 Å². The van der Waals surface area contributed by atoms with Gasteiger partial charge in [-0.3, -0.25) is 19.1 Å². The number of carbonyl (C=O) groups is 4. The standard InChI is InChI=1S/C29H33N5O5/c1-5-39-29(38)33-16-14-32(15-17-33)28(37)21(4)34-18-25(20(3)31-34)30-27(36)24-9-7-6-8-23(24)26(35)22-12-10-19(2)11-13-22/h6-13,18,21H,5,14-17H2,1-4H3,(H,30,36). The molecular weight excluding hydrogens is 498 g/mol. The Morgan fingerprint density at radius 2 is 1.54 bits per heavy atom. The summed E-state index contributed by atoms with van der Waals surface area (Å²) in [5, 5.41) is 7.31. The third-order valence-corrected chi connectivity index (χ3v) is 6.77. The SMILES string of the molecule is CCOC(=O)N1CCN(C(=O)C(C)n2cc(NC(=O)c3ccccc3C(=O)c3ccc(C)cc3)c(C)n2)CC1. The first-order chi connectivity index (χ1) is 18.7. The fourth-order valence-corrected chi connectivity index (χ4v) is 4.43. The molecule has 2 aromatic carbocycles. The molecule has 2 heterocycles. The molecule has 0 aliphatic carbocycles. The molecule has 1 atom stereocenters. The number of nitrogens with zero attached hydrogens (tertiary/aromatic N) is 4. The van der Waals surface area contributed by atoms with E-state index in [1.54, 1.807) is 73.2 Å². The highest BCUT2D eigenvalue weighted by atomic mass is 16.6. The fourth-order valence-electron chi connectivity index (χ4n) is 4.43. The molecule has 0 spiro atoms. The summed E-state index contributed by atoms with van der Waals surface area (Å²) in [6, 6.07) is 13.3. The molecule has 10 heteroatoms. The first kappa shape index (κ1) is 27.6. The summed E-state index contributed by atoms with van der Waals surface area (Å²) in [6.07, 6.45) is 1.25. The summed E-state index contributed by atoms with van der Waals surface area (Å²) in [5.74, 6) is -0.814. The quantitative estimate of drug-likeness (QED) is 0.464. The average molecular weight is 532 g/mol. The van der Waals surface area contributed by atoms with Gasteiger partial charge in [-0.15, -0.1) is 0 Å². The molecule has 1 unspecified atom stereocenters. The molecule has 39 heavy (non-hydrogen) atoms. The maximum atomic E-state index is 13.3. The van der Waals surface area contributed by atoms with Crippen molar-refractivity contribution in [3.05, 3.63) is 82.7 Å². The summed E-state index contributed by atoms with van der Waals surface area (Å²) >= 11 is 0. The highest BCUT2D eigenvalue weighted by Crippen LogP contribution is 2.21. The number of anilines is 1. The van der Waals surface area contributed by atoms with Crippen LogP contribution in [0.2, 0.25) is 0 Å². The van der Waals surface area contributed by atoms with E-state index in [2.05, 4.69) is 10.4 Å². The first-order valence-electron chi connectivity index (χ1n) is 13.0. The molecular formula is C29H33N5O5. The molecule has 0 radical (unpaired) electrons. The topological polar surface area (TPSA) is 114 Å². The number of hydrogen-bond acceptors (Lipinski definition) is 6. The Morgan fingerprint density at radius 1 is 0.923 bits per heavy atom. The molecule has 0 bridgehead atoms. The van der Waals surface area contributed by atoms with Crippen LogP contribution in [-0.2, 0) is 9.53 Å². The number of benzene rings is 2. The van der Waals surface area contributed by atoms with E-state index in [9.17, 15) is 19.2 Å². The largest absolute Gasteiger partial charge is 0.450 e. The minimum Gasteiger partial charge on any atom is -0.450 e. The van der Waals surface area contributed by atoms with Gasteiger partial charge in [0.05, 0.1) is 23.6 Å². The van der Waals surface area contributed by atoms with Crippen molar-refractivity contribution >= 4 is 29.4 Å². The highest BCUT2D eigenvalue weighted by molar-refractivity contribution is 6.17. The third-order valence-electron chi connectivity index (χ3n) is 6.77.